The van der Waals surface area contributed by atoms with Gasteiger partial charge in [0.1, 0.15) is 12.7 Å². The van der Waals surface area contributed by atoms with Gasteiger partial charge in [0.05, 0.1) is 21.8 Å². The van der Waals surface area contributed by atoms with Gasteiger partial charge in [-0.05, 0) is 48.4 Å². The fourth-order valence-electron chi connectivity index (χ4n) is 3.06. The quantitative estimate of drug-likeness (QED) is 0.653. The zero-order valence-electron chi connectivity index (χ0n) is 15.1. The average molecular weight is 437 g/mol. The van der Waals surface area contributed by atoms with Crippen LogP contribution in [0.25, 0.3) is 5.69 Å². The van der Waals surface area contributed by atoms with E-state index in [1.807, 2.05) is 0 Å². The number of fused-ring (bicyclic) bond motifs is 1. The van der Waals surface area contributed by atoms with Gasteiger partial charge in [0.2, 0.25) is 5.91 Å². The van der Waals surface area contributed by atoms with Gasteiger partial charge in [-0.3, -0.25) is 9.52 Å². The first-order chi connectivity index (χ1) is 14.1. The van der Waals surface area contributed by atoms with E-state index < -0.39 is 21.8 Å². The van der Waals surface area contributed by atoms with Crippen molar-refractivity contribution in [3.05, 3.63) is 60.2 Å². The van der Waals surface area contributed by atoms with Crippen molar-refractivity contribution in [3.63, 3.8) is 0 Å². The van der Waals surface area contributed by atoms with Crippen LogP contribution in [0, 0.1) is 0 Å². The van der Waals surface area contributed by atoms with Gasteiger partial charge in [-0.25, -0.2) is 18.1 Å². The molecule has 12 heteroatoms. The van der Waals surface area contributed by atoms with Gasteiger partial charge >= 0.3 is 6.18 Å². The minimum atomic E-state index is -4.66. The van der Waals surface area contributed by atoms with Gasteiger partial charge < -0.3 is 5.32 Å². The Kier molecular flexibility index (Phi) is 4.73. The average Bonchev–Trinajstić information content (AvgIpc) is 3.21. The van der Waals surface area contributed by atoms with Gasteiger partial charge in [-0.1, -0.05) is 0 Å². The smallest absolute Gasteiger partial charge is 0.326 e. The van der Waals surface area contributed by atoms with Crippen LogP contribution >= 0.6 is 0 Å². The highest BCUT2D eigenvalue weighted by atomic mass is 32.2. The van der Waals surface area contributed by atoms with Crippen molar-refractivity contribution in [3.8, 4) is 5.69 Å². The summed E-state index contributed by atoms with van der Waals surface area (Å²) in [5.41, 5.74) is -0.113. The molecule has 4 rings (SSSR count). The van der Waals surface area contributed by atoms with E-state index in [9.17, 15) is 26.4 Å². The summed E-state index contributed by atoms with van der Waals surface area (Å²) >= 11 is 0. The Morgan fingerprint density at radius 3 is 2.60 bits per heavy atom. The summed E-state index contributed by atoms with van der Waals surface area (Å²) in [6, 6.07) is 6.75. The number of carbonyl (C=O) groups is 1. The zero-order chi connectivity index (χ0) is 21.5. The van der Waals surface area contributed by atoms with Gasteiger partial charge in [-0.15, -0.1) is 0 Å². The number of nitrogens with one attached hydrogen (secondary N) is 2. The van der Waals surface area contributed by atoms with Crippen LogP contribution in [0.5, 0.6) is 0 Å². The summed E-state index contributed by atoms with van der Waals surface area (Å²) in [4.78, 5) is 15.1. The largest absolute Gasteiger partial charge is 0.416 e. The number of carbonyl (C=O) groups excluding carboxylic acids is 1. The van der Waals surface area contributed by atoms with Gasteiger partial charge in [0, 0.05) is 12.1 Å². The van der Waals surface area contributed by atoms with E-state index in [2.05, 4.69) is 20.1 Å². The predicted molar refractivity (Wildman–Crippen MR) is 101 cm³/mol. The van der Waals surface area contributed by atoms with E-state index in [-0.39, 0.29) is 28.6 Å². The highest BCUT2D eigenvalue weighted by Crippen LogP contribution is 2.34. The molecule has 0 radical (unpaired) electrons. The van der Waals surface area contributed by atoms with E-state index in [1.54, 1.807) is 0 Å². The summed E-state index contributed by atoms with van der Waals surface area (Å²) in [7, 11) is -4.23. The number of benzene rings is 2. The van der Waals surface area contributed by atoms with Crippen LogP contribution in [-0.2, 0) is 27.4 Å². The van der Waals surface area contributed by atoms with Crippen molar-refractivity contribution in [2.45, 2.75) is 23.9 Å². The van der Waals surface area contributed by atoms with E-state index in [4.69, 9.17) is 0 Å². The molecule has 0 spiro atoms. The molecule has 1 amide bonds. The lowest BCUT2D eigenvalue weighted by Gasteiger charge is -2.19. The lowest BCUT2D eigenvalue weighted by molar-refractivity contribution is -0.137. The number of halogens is 3. The number of rotatable bonds is 4. The first-order valence-electron chi connectivity index (χ1n) is 8.65. The summed E-state index contributed by atoms with van der Waals surface area (Å²) in [6.45, 7) is 0. The minimum absolute atomic E-state index is 0.0781. The van der Waals surface area contributed by atoms with Crippen LogP contribution in [0.3, 0.4) is 0 Å². The van der Waals surface area contributed by atoms with E-state index in [1.165, 1.54) is 30.9 Å². The van der Waals surface area contributed by atoms with Crippen LogP contribution < -0.4 is 10.0 Å². The molecule has 0 bridgehead atoms. The molecule has 0 saturated carbocycles. The monoisotopic (exact) mass is 437 g/mol. The normalized spacial score (nSPS) is 14.2. The van der Waals surface area contributed by atoms with Crippen LogP contribution in [0.15, 0.2) is 53.9 Å². The number of amides is 1. The molecule has 1 aromatic heterocycles. The van der Waals surface area contributed by atoms with Crippen LogP contribution in [0.2, 0.25) is 0 Å². The minimum Gasteiger partial charge on any atom is -0.326 e. The Hall–Kier alpha value is -3.41. The molecule has 30 heavy (non-hydrogen) atoms. The fraction of sp³-hybridized carbons (Fsp3) is 0.167. The number of aryl methyl sites for hydroxylation is 1. The number of alkyl halides is 3. The molecule has 3 aromatic rings. The first-order valence-corrected chi connectivity index (χ1v) is 10.1. The summed E-state index contributed by atoms with van der Waals surface area (Å²) < 4.78 is 68.7. The van der Waals surface area contributed by atoms with Crippen molar-refractivity contribution < 1.29 is 26.4 Å². The zero-order valence-corrected chi connectivity index (χ0v) is 16.0. The molecule has 2 N–H and O–H groups in total. The third kappa shape index (κ3) is 3.85. The van der Waals surface area contributed by atoms with Crippen LogP contribution in [-0.4, -0.2) is 29.1 Å². The molecule has 2 aromatic carbocycles. The Labute approximate surface area is 168 Å². The second-order valence-corrected chi connectivity index (χ2v) is 8.22. The number of sulfonamides is 1. The lowest BCUT2D eigenvalue weighted by atomic mass is 10.0. The summed E-state index contributed by atoms with van der Waals surface area (Å²) in [6.07, 6.45) is -1.67. The van der Waals surface area contributed by atoms with Crippen molar-refractivity contribution in [1.82, 2.24) is 14.8 Å². The molecule has 1 aliphatic heterocycles. The van der Waals surface area contributed by atoms with Crippen LogP contribution in [0.4, 0.5) is 24.5 Å². The molecule has 0 fully saturated rings. The molecule has 8 nitrogen and oxygen atoms in total. The molecule has 2 heterocycles. The standard InChI is InChI=1S/C18H14F3N5O3S/c19-18(20,21)12-2-5-16(26-10-22-9-23-26)15(8-12)25-30(28,29)13-3-4-14-11(7-13)1-6-17(27)24-14/h2-5,7-10,25H,1,6H2,(H,24,27). The van der Waals surface area contributed by atoms with E-state index >= 15 is 0 Å². The van der Waals surface area contributed by atoms with Gasteiger partial charge in [0.15, 0.2) is 0 Å². The number of hydrogen-bond acceptors (Lipinski definition) is 5. The summed E-state index contributed by atoms with van der Waals surface area (Å²) in [5.74, 6) is -0.169. The molecular weight excluding hydrogens is 423 g/mol. The SMILES string of the molecule is O=C1CCc2cc(S(=O)(=O)Nc3cc(C(F)(F)F)ccc3-n3cncn3)ccc2N1. The Morgan fingerprint density at radius 2 is 1.90 bits per heavy atom. The highest BCUT2D eigenvalue weighted by Gasteiger charge is 2.32. The topological polar surface area (TPSA) is 106 Å². The van der Waals surface area contributed by atoms with Crippen molar-refractivity contribution in [2.24, 2.45) is 0 Å². The van der Waals surface area contributed by atoms with Gasteiger partial charge in [0.25, 0.3) is 10.0 Å². The molecule has 0 unspecified atom stereocenters. The Balaban J connectivity index is 1.74. The highest BCUT2D eigenvalue weighted by molar-refractivity contribution is 7.92. The molecular formula is C18H14F3N5O3S. The maximum absolute atomic E-state index is 13.2. The second-order valence-electron chi connectivity index (χ2n) is 6.54. The molecule has 0 atom stereocenters. The molecule has 0 aliphatic carbocycles. The molecule has 1 aliphatic rings. The lowest BCUT2D eigenvalue weighted by Crippen LogP contribution is -2.20. The molecule has 0 saturated heterocycles. The number of anilines is 2. The van der Waals surface area contributed by atoms with E-state index in [0.29, 0.717) is 23.7 Å². The maximum Gasteiger partial charge on any atom is 0.416 e. The Bertz CT molecular complexity index is 1220. The second kappa shape index (κ2) is 7.13. The first kappa shape index (κ1) is 19.9. The Morgan fingerprint density at radius 1 is 1.10 bits per heavy atom. The maximum atomic E-state index is 13.2. The van der Waals surface area contributed by atoms with Crippen molar-refractivity contribution in [2.75, 3.05) is 10.0 Å². The number of nitrogens with zero attached hydrogens (tertiary/aromatic N) is 3. The van der Waals surface area contributed by atoms with E-state index in [0.717, 1.165) is 16.8 Å². The van der Waals surface area contributed by atoms with Gasteiger partial charge in [-0.2, -0.15) is 18.3 Å². The van der Waals surface area contributed by atoms with Crippen molar-refractivity contribution >= 4 is 27.3 Å². The third-order valence-electron chi connectivity index (χ3n) is 4.52. The fourth-order valence-corrected chi connectivity index (χ4v) is 4.17. The predicted octanol–water partition coefficient (Wildman–Crippen LogP) is 2.97. The summed E-state index contributed by atoms with van der Waals surface area (Å²) in [5, 5.41) is 6.50. The van der Waals surface area contributed by atoms with Crippen molar-refractivity contribution in [1.29, 1.82) is 0 Å². The van der Waals surface area contributed by atoms with Crippen LogP contribution in [0.1, 0.15) is 17.5 Å². The third-order valence-corrected chi connectivity index (χ3v) is 5.88. The molecule has 156 valence electrons. The number of aromatic nitrogens is 3. The number of hydrogen-bond donors (Lipinski definition) is 2.